The number of esters is 1. The first-order valence-electron chi connectivity index (χ1n) is 6.39. The van der Waals surface area contributed by atoms with Crippen molar-refractivity contribution in [1.29, 1.82) is 0 Å². The van der Waals surface area contributed by atoms with E-state index < -0.39 is 0 Å². The molecule has 1 rings (SSSR count). The van der Waals surface area contributed by atoms with Gasteiger partial charge in [-0.05, 0) is 32.9 Å². The number of ether oxygens (including phenoxy) is 1. The quantitative estimate of drug-likeness (QED) is 0.729. The number of hydrogen-bond acceptors (Lipinski definition) is 4. The Balaban J connectivity index is 2.66. The fraction of sp³-hybridized carbons (Fsp3) is 0.500. The molecule has 0 fully saturated rings. The first kappa shape index (κ1) is 15.1. The Morgan fingerprint density at radius 1 is 1.37 bits per heavy atom. The molecule has 0 atom stereocenters. The molecule has 0 saturated carbocycles. The summed E-state index contributed by atoms with van der Waals surface area (Å²) in [7, 11) is 0. The fourth-order valence-electron chi connectivity index (χ4n) is 1.66. The Labute approximate surface area is 113 Å². The minimum absolute atomic E-state index is 0.0167. The van der Waals surface area contributed by atoms with Gasteiger partial charge in [0.1, 0.15) is 6.54 Å². The van der Waals surface area contributed by atoms with Gasteiger partial charge in [-0.1, -0.05) is 6.07 Å². The summed E-state index contributed by atoms with van der Waals surface area (Å²) >= 11 is 0. The first-order valence-corrected chi connectivity index (χ1v) is 6.39. The maximum Gasteiger partial charge on any atom is 0.325 e. The molecule has 0 bridgehead atoms. The van der Waals surface area contributed by atoms with Crippen molar-refractivity contribution in [3.63, 3.8) is 0 Å². The molecule has 5 nitrogen and oxygen atoms in total. The van der Waals surface area contributed by atoms with Crippen molar-refractivity contribution in [1.82, 2.24) is 9.88 Å². The summed E-state index contributed by atoms with van der Waals surface area (Å²) in [5, 5.41) is 0. The molecule has 1 amide bonds. The summed E-state index contributed by atoms with van der Waals surface area (Å²) in [5.41, 5.74) is 0.696. The molecule has 1 aromatic rings. The van der Waals surface area contributed by atoms with Crippen molar-refractivity contribution < 1.29 is 14.3 Å². The van der Waals surface area contributed by atoms with Crippen molar-refractivity contribution in [2.75, 3.05) is 13.2 Å². The van der Waals surface area contributed by atoms with E-state index in [4.69, 9.17) is 4.74 Å². The Morgan fingerprint density at radius 2 is 2.11 bits per heavy atom. The van der Waals surface area contributed by atoms with Crippen LogP contribution in [0, 0.1) is 0 Å². The molecule has 104 valence electrons. The summed E-state index contributed by atoms with van der Waals surface area (Å²) in [6.45, 7) is 5.79. The number of rotatable bonds is 6. The van der Waals surface area contributed by atoms with Crippen LogP contribution in [-0.2, 0) is 20.7 Å². The monoisotopic (exact) mass is 264 g/mol. The molecule has 0 aromatic carbocycles. The first-order chi connectivity index (χ1) is 9.04. The van der Waals surface area contributed by atoms with E-state index in [1.165, 1.54) is 4.90 Å². The van der Waals surface area contributed by atoms with Gasteiger partial charge in [-0.3, -0.25) is 14.6 Å². The Kier molecular flexibility index (Phi) is 5.99. The molecule has 0 aliphatic heterocycles. The normalized spacial score (nSPS) is 10.3. The number of carbonyl (C=O) groups excluding carboxylic acids is 2. The van der Waals surface area contributed by atoms with E-state index >= 15 is 0 Å². The third-order valence-electron chi connectivity index (χ3n) is 2.61. The van der Waals surface area contributed by atoms with E-state index in [0.717, 1.165) is 0 Å². The summed E-state index contributed by atoms with van der Waals surface area (Å²) in [6.07, 6.45) is 1.84. The van der Waals surface area contributed by atoms with Crippen LogP contribution in [-0.4, -0.2) is 41.0 Å². The molecule has 1 aromatic heterocycles. The van der Waals surface area contributed by atoms with Crippen LogP contribution in [0.4, 0.5) is 0 Å². The lowest BCUT2D eigenvalue weighted by Gasteiger charge is -2.25. The molecule has 0 saturated heterocycles. The van der Waals surface area contributed by atoms with Gasteiger partial charge in [0.05, 0.1) is 13.0 Å². The molecule has 5 heteroatoms. The van der Waals surface area contributed by atoms with Gasteiger partial charge in [0.25, 0.3) is 0 Å². The molecule has 0 aliphatic rings. The van der Waals surface area contributed by atoms with E-state index in [-0.39, 0.29) is 30.9 Å². The molecule has 0 N–H and O–H groups in total. The molecule has 0 spiro atoms. The molecule has 1 heterocycles. The summed E-state index contributed by atoms with van der Waals surface area (Å²) in [6, 6.07) is 5.37. The number of carbonyl (C=O) groups is 2. The van der Waals surface area contributed by atoms with Crippen molar-refractivity contribution in [2.24, 2.45) is 0 Å². The largest absolute Gasteiger partial charge is 0.465 e. The average Bonchev–Trinajstić information content (AvgIpc) is 2.37. The van der Waals surface area contributed by atoms with Crippen molar-refractivity contribution in [2.45, 2.75) is 33.2 Å². The van der Waals surface area contributed by atoms with Gasteiger partial charge in [-0.2, -0.15) is 0 Å². The molecular formula is C14H20N2O3. The van der Waals surface area contributed by atoms with E-state index in [1.54, 1.807) is 25.3 Å². The van der Waals surface area contributed by atoms with Gasteiger partial charge in [-0.25, -0.2) is 0 Å². The Bertz CT molecular complexity index is 418. The topological polar surface area (TPSA) is 59.5 Å². The zero-order chi connectivity index (χ0) is 14.3. The molecule has 0 radical (unpaired) electrons. The lowest BCUT2D eigenvalue weighted by molar-refractivity contribution is -0.149. The van der Waals surface area contributed by atoms with Crippen LogP contribution < -0.4 is 0 Å². The Hall–Kier alpha value is -1.91. The van der Waals surface area contributed by atoms with E-state index in [9.17, 15) is 9.59 Å². The van der Waals surface area contributed by atoms with Crippen LogP contribution in [0.2, 0.25) is 0 Å². The van der Waals surface area contributed by atoms with Gasteiger partial charge < -0.3 is 9.64 Å². The summed E-state index contributed by atoms with van der Waals surface area (Å²) in [4.78, 5) is 29.3. The highest BCUT2D eigenvalue weighted by Crippen LogP contribution is 2.04. The number of aromatic nitrogens is 1. The van der Waals surface area contributed by atoms with Crippen LogP contribution in [0.25, 0.3) is 0 Å². The molecule has 0 unspecified atom stereocenters. The number of hydrogen-bond donors (Lipinski definition) is 0. The second-order valence-electron chi connectivity index (χ2n) is 4.42. The highest BCUT2D eigenvalue weighted by molar-refractivity contribution is 5.83. The minimum atomic E-state index is -0.384. The molecule has 0 aliphatic carbocycles. The van der Waals surface area contributed by atoms with Crippen LogP contribution in [0.5, 0.6) is 0 Å². The highest BCUT2D eigenvalue weighted by atomic mass is 16.5. The maximum absolute atomic E-state index is 12.2. The van der Waals surface area contributed by atoms with Crippen LogP contribution in [0.15, 0.2) is 24.4 Å². The van der Waals surface area contributed by atoms with Gasteiger partial charge in [0.2, 0.25) is 5.91 Å². The Morgan fingerprint density at radius 3 is 2.63 bits per heavy atom. The van der Waals surface area contributed by atoms with Gasteiger partial charge in [-0.15, -0.1) is 0 Å². The van der Waals surface area contributed by atoms with E-state index in [1.807, 2.05) is 19.9 Å². The predicted molar refractivity (Wildman–Crippen MR) is 71.4 cm³/mol. The predicted octanol–water partition coefficient (Wildman–Crippen LogP) is 1.42. The lowest BCUT2D eigenvalue weighted by atomic mass is 10.2. The third-order valence-corrected chi connectivity index (χ3v) is 2.61. The van der Waals surface area contributed by atoms with Crippen LogP contribution in [0.1, 0.15) is 26.5 Å². The zero-order valence-electron chi connectivity index (χ0n) is 11.6. The van der Waals surface area contributed by atoms with Crippen molar-refractivity contribution in [3.8, 4) is 0 Å². The second-order valence-corrected chi connectivity index (χ2v) is 4.42. The summed E-state index contributed by atoms with van der Waals surface area (Å²) in [5.74, 6) is -0.507. The molecule has 19 heavy (non-hydrogen) atoms. The highest BCUT2D eigenvalue weighted by Gasteiger charge is 2.21. The smallest absolute Gasteiger partial charge is 0.325 e. The number of nitrogens with zero attached hydrogens (tertiary/aromatic N) is 2. The summed E-state index contributed by atoms with van der Waals surface area (Å²) < 4.78 is 4.87. The number of pyridine rings is 1. The second kappa shape index (κ2) is 7.51. The van der Waals surface area contributed by atoms with Crippen LogP contribution in [0.3, 0.4) is 0 Å². The minimum Gasteiger partial charge on any atom is -0.465 e. The fourth-order valence-corrected chi connectivity index (χ4v) is 1.66. The number of amides is 1. The van der Waals surface area contributed by atoms with E-state index in [0.29, 0.717) is 12.3 Å². The average molecular weight is 264 g/mol. The van der Waals surface area contributed by atoms with Crippen molar-refractivity contribution in [3.05, 3.63) is 30.1 Å². The SMILES string of the molecule is CCOC(=O)CN(C(=O)Cc1ccccn1)C(C)C. The maximum atomic E-state index is 12.2. The van der Waals surface area contributed by atoms with Gasteiger partial charge in [0.15, 0.2) is 0 Å². The van der Waals surface area contributed by atoms with Gasteiger partial charge in [0, 0.05) is 17.9 Å². The van der Waals surface area contributed by atoms with Crippen molar-refractivity contribution >= 4 is 11.9 Å². The molecular weight excluding hydrogens is 244 g/mol. The standard InChI is InChI=1S/C14H20N2O3/c1-4-19-14(18)10-16(11(2)3)13(17)9-12-7-5-6-8-15-12/h5-8,11H,4,9-10H2,1-3H3. The third kappa shape index (κ3) is 5.07. The van der Waals surface area contributed by atoms with E-state index in [2.05, 4.69) is 4.98 Å². The van der Waals surface area contributed by atoms with Crippen LogP contribution >= 0.6 is 0 Å². The lowest BCUT2D eigenvalue weighted by Crippen LogP contribution is -2.42. The zero-order valence-corrected chi connectivity index (χ0v) is 11.6. The van der Waals surface area contributed by atoms with Gasteiger partial charge >= 0.3 is 5.97 Å².